The van der Waals surface area contributed by atoms with Crippen molar-refractivity contribution in [2.45, 2.75) is 17.9 Å². The van der Waals surface area contributed by atoms with E-state index in [0.29, 0.717) is 37.6 Å². The van der Waals surface area contributed by atoms with Crippen LogP contribution >= 0.6 is 0 Å². The minimum atomic E-state index is -3.44. The number of hydrogen-bond acceptors (Lipinski definition) is 4. The molecular weight excluding hydrogens is 364 g/mol. The highest BCUT2D eigenvalue weighted by Crippen LogP contribution is 2.16. The van der Waals surface area contributed by atoms with E-state index >= 15 is 0 Å². The van der Waals surface area contributed by atoms with Gasteiger partial charge >= 0.3 is 0 Å². The van der Waals surface area contributed by atoms with Crippen molar-refractivity contribution in [2.24, 2.45) is 0 Å². The third kappa shape index (κ3) is 5.29. The van der Waals surface area contributed by atoms with Gasteiger partial charge in [-0.1, -0.05) is 35.9 Å². The third-order valence-electron chi connectivity index (χ3n) is 4.80. The molecule has 0 aliphatic carbocycles. The highest BCUT2D eigenvalue weighted by molar-refractivity contribution is 7.89. The summed E-state index contributed by atoms with van der Waals surface area (Å²) in [4.78, 5) is 1.53. The van der Waals surface area contributed by atoms with E-state index in [1.807, 2.05) is 49.4 Å². The second kappa shape index (κ2) is 8.84. The molecule has 3 rings (SSSR count). The molecule has 1 atom stereocenters. The Hall–Kier alpha value is -1.93. The topological polar surface area (TPSA) is 71.3 Å². The van der Waals surface area contributed by atoms with Crippen LogP contribution in [-0.2, 0) is 10.0 Å². The Kier molecular flexibility index (Phi) is 6.49. The molecule has 0 spiro atoms. The first kappa shape index (κ1) is 19.8. The van der Waals surface area contributed by atoms with Gasteiger partial charge in [0, 0.05) is 0 Å². The molecule has 0 amide bonds. The van der Waals surface area contributed by atoms with Crippen molar-refractivity contribution >= 4 is 10.0 Å². The normalized spacial score (nSPS) is 17.6. The van der Waals surface area contributed by atoms with Crippen molar-refractivity contribution in [1.29, 1.82) is 0 Å². The minimum absolute atomic E-state index is 0.235. The summed E-state index contributed by atoms with van der Waals surface area (Å²) in [5.74, 6) is 0.737. The Morgan fingerprint density at radius 1 is 1.07 bits per heavy atom. The number of nitrogens with one attached hydrogen (secondary N) is 1. The molecule has 1 saturated heterocycles. The number of piperazine rings is 1. The highest BCUT2D eigenvalue weighted by Gasteiger charge is 2.31. The largest absolute Gasteiger partial charge is 0.491 e. The molecule has 27 heavy (non-hydrogen) atoms. The lowest BCUT2D eigenvalue weighted by Crippen LogP contribution is -3.15. The van der Waals surface area contributed by atoms with Crippen molar-refractivity contribution in [2.75, 3.05) is 39.3 Å². The van der Waals surface area contributed by atoms with Gasteiger partial charge in [0.15, 0.2) is 0 Å². The summed E-state index contributed by atoms with van der Waals surface area (Å²) in [6.07, 6.45) is -0.583. The molecule has 6 nitrogen and oxygen atoms in total. The van der Waals surface area contributed by atoms with Crippen LogP contribution in [-0.4, -0.2) is 63.3 Å². The molecule has 2 aromatic rings. The number of hydrogen-bond donors (Lipinski definition) is 2. The van der Waals surface area contributed by atoms with E-state index in [1.165, 1.54) is 9.21 Å². The zero-order valence-corrected chi connectivity index (χ0v) is 16.4. The molecule has 0 aromatic heterocycles. The van der Waals surface area contributed by atoms with Crippen LogP contribution in [0, 0.1) is 6.92 Å². The number of aryl methyl sites for hydroxylation is 1. The van der Waals surface area contributed by atoms with Crippen LogP contribution in [0.2, 0.25) is 0 Å². The summed E-state index contributed by atoms with van der Waals surface area (Å²) in [6, 6.07) is 16.4. The molecular formula is C20H27N2O4S+. The van der Waals surface area contributed by atoms with Crippen molar-refractivity contribution in [3.8, 4) is 5.75 Å². The molecule has 1 aliphatic heterocycles. The Morgan fingerprint density at radius 2 is 1.70 bits per heavy atom. The van der Waals surface area contributed by atoms with Gasteiger partial charge in [0.25, 0.3) is 0 Å². The SMILES string of the molecule is Cc1ccc(S(=O)(=O)N2CC[NH+](C[C@H](O)COc3ccccc3)CC2)cc1. The first-order chi connectivity index (χ1) is 12.9. The fourth-order valence-electron chi connectivity index (χ4n) is 3.21. The van der Waals surface area contributed by atoms with Crippen LogP contribution in [0.15, 0.2) is 59.5 Å². The molecule has 0 radical (unpaired) electrons. The van der Waals surface area contributed by atoms with Gasteiger partial charge in [0.1, 0.15) is 25.0 Å². The minimum Gasteiger partial charge on any atom is -0.491 e. The summed E-state index contributed by atoms with van der Waals surface area (Å²) >= 11 is 0. The van der Waals surface area contributed by atoms with E-state index in [1.54, 1.807) is 12.1 Å². The van der Waals surface area contributed by atoms with Crippen LogP contribution in [0.25, 0.3) is 0 Å². The van der Waals surface area contributed by atoms with Gasteiger partial charge in [-0.2, -0.15) is 4.31 Å². The molecule has 7 heteroatoms. The summed E-state index contributed by atoms with van der Waals surface area (Å²) in [6.45, 7) is 4.98. The van der Waals surface area contributed by atoms with Gasteiger partial charge < -0.3 is 14.7 Å². The van der Waals surface area contributed by atoms with Crippen LogP contribution in [0.5, 0.6) is 5.75 Å². The Balaban J connectivity index is 1.47. The maximum atomic E-state index is 12.7. The molecule has 0 saturated carbocycles. The fraction of sp³-hybridized carbons (Fsp3) is 0.400. The standard InChI is InChI=1S/C20H26N2O4S/c1-17-7-9-20(10-8-17)27(24,25)22-13-11-21(12-14-22)15-18(23)16-26-19-5-3-2-4-6-19/h2-10,18,23H,11-16H2,1H3/p+1/t18-/m0/s1. The second-order valence-electron chi connectivity index (χ2n) is 6.95. The van der Waals surface area contributed by atoms with Gasteiger partial charge in [-0.3, -0.25) is 0 Å². The quantitative estimate of drug-likeness (QED) is 0.713. The number of aliphatic hydroxyl groups excluding tert-OH is 1. The Labute approximate surface area is 161 Å². The van der Waals surface area contributed by atoms with E-state index < -0.39 is 16.1 Å². The number of quaternary nitrogens is 1. The first-order valence-electron chi connectivity index (χ1n) is 9.21. The lowest BCUT2D eigenvalue weighted by atomic mass is 10.2. The summed E-state index contributed by atoms with van der Waals surface area (Å²) in [5, 5.41) is 10.2. The molecule has 1 heterocycles. The first-order valence-corrected chi connectivity index (χ1v) is 10.7. The zero-order valence-electron chi connectivity index (χ0n) is 15.5. The van der Waals surface area contributed by atoms with E-state index in [9.17, 15) is 13.5 Å². The average Bonchev–Trinajstić information content (AvgIpc) is 2.68. The van der Waals surface area contributed by atoms with E-state index in [4.69, 9.17) is 4.74 Å². The molecule has 2 N–H and O–H groups in total. The molecule has 0 unspecified atom stereocenters. The van der Waals surface area contributed by atoms with Crippen LogP contribution in [0.1, 0.15) is 5.56 Å². The maximum absolute atomic E-state index is 12.7. The lowest BCUT2D eigenvalue weighted by molar-refractivity contribution is -0.906. The van der Waals surface area contributed by atoms with Gasteiger partial charge in [0.05, 0.1) is 31.1 Å². The van der Waals surface area contributed by atoms with Crippen LogP contribution in [0.4, 0.5) is 0 Å². The van der Waals surface area contributed by atoms with Gasteiger partial charge in [-0.25, -0.2) is 8.42 Å². The highest BCUT2D eigenvalue weighted by atomic mass is 32.2. The number of aliphatic hydroxyl groups is 1. The van der Waals surface area contributed by atoms with Crippen molar-refractivity contribution in [1.82, 2.24) is 4.31 Å². The lowest BCUT2D eigenvalue weighted by Gasteiger charge is -2.32. The number of benzene rings is 2. The van der Waals surface area contributed by atoms with E-state index in [-0.39, 0.29) is 6.61 Å². The number of nitrogens with zero attached hydrogens (tertiary/aromatic N) is 1. The van der Waals surface area contributed by atoms with Crippen molar-refractivity contribution < 1.29 is 23.2 Å². The number of ether oxygens (including phenoxy) is 1. The smallest absolute Gasteiger partial charge is 0.243 e. The monoisotopic (exact) mass is 391 g/mol. The Bertz CT molecular complexity index is 817. The van der Waals surface area contributed by atoms with Gasteiger partial charge in [0.2, 0.25) is 10.0 Å². The van der Waals surface area contributed by atoms with Gasteiger partial charge in [-0.15, -0.1) is 0 Å². The number of para-hydroxylation sites is 1. The predicted molar refractivity (Wildman–Crippen MR) is 103 cm³/mol. The molecule has 0 bridgehead atoms. The zero-order chi connectivity index (χ0) is 19.3. The summed E-state index contributed by atoms with van der Waals surface area (Å²) in [5.41, 5.74) is 1.04. The van der Waals surface area contributed by atoms with E-state index in [2.05, 4.69) is 0 Å². The molecule has 1 fully saturated rings. The predicted octanol–water partition coefficient (Wildman–Crippen LogP) is 0.324. The second-order valence-corrected chi connectivity index (χ2v) is 8.89. The molecule has 1 aliphatic rings. The summed E-state index contributed by atoms with van der Waals surface area (Å²) < 4.78 is 32.6. The van der Waals surface area contributed by atoms with Crippen LogP contribution in [0.3, 0.4) is 0 Å². The number of rotatable bonds is 7. The third-order valence-corrected chi connectivity index (χ3v) is 6.71. The van der Waals surface area contributed by atoms with Crippen molar-refractivity contribution in [3.63, 3.8) is 0 Å². The van der Waals surface area contributed by atoms with Crippen molar-refractivity contribution in [3.05, 3.63) is 60.2 Å². The maximum Gasteiger partial charge on any atom is 0.243 e. The van der Waals surface area contributed by atoms with E-state index in [0.717, 1.165) is 11.3 Å². The number of sulfonamides is 1. The van der Waals surface area contributed by atoms with Gasteiger partial charge in [-0.05, 0) is 31.2 Å². The Morgan fingerprint density at radius 3 is 2.33 bits per heavy atom. The molecule has 146 valence electrons. The average molecular weight is 392 g/mol. The summed E-state index contributed by atoms with van der Waals surface area (Å²) in [7, 11) is -3.44. The molecule has 2 aromatic carbocycles. The van der Waals surface area contributed by atoms with Crippen LogP contribution < -0.4 is 9.64 Å². The fourth-order valence-corrected chi connectivity index (χ4v) is 4.65.